The van der Waals surface area contributed by atoms with Crippen molar-refractivity contribution in [3.05, 3.63) is 71.8 Å². The molecule has 0 aliphatic carbocycles. The molecule has 0 spiro atoms. The summed E-state index contributed by atoms with van der Waals surface area (Å²) in [4.78, 5) is 24.5. The van der Waals surface area contributed by atoms with E-state index in [4.69, 9.17) is 16.3 Å². The van der Waals surface area contributed by atoms with Crippen molar-refractivity contribution in [1.82, 2.24) is 5.32 Å². The van der Waals surface area contributed by atoms with Crippen LogP contribution in [0.2, 0.25) is 5.02 Å². The summed E-state index contributed by atoms with van der Waals surface area (Å²) < 4.78 is 5.41. The Kier molecular flexibility index (Phi) is 7.02. The maximum atomic E-state index is 12.3. The molecule has 0 aromatic heterocycles. The number of carbonyl (C=O) groups is 2. The summed E-state index contributed by atoms with van der Waals surface area (Å²) in [6, 6.07) is 14.2. The van der Waals surface area contributed by atoms with Gasteiger partial charge in [0.05, 0.1) is 0 Å². The Morgan fingerprint density at radius 2 is 1.89 bits per heavy atom. The maximum Gasteiger partial charge on any atom is 0.313 e. The average molecular weight is 387 g/mol. The van der Waals surface area contributed by atoms with Gasteiger partial charge in [0.15, 0.2) is 0 Å². The molecule has 0 heterocycles. The van der Waals surface area contributed by atoms with Crippen molar-refractivity contribution < 1.29 is 14.3 Å². The van der Waals surface area contributed by atoms with Gasteiger partial charge in [-0.2, -0.15) is 0 Å². The van der Waals surface area contributed by atoms with E-state index in [2.05, 4.69) is 17.2 Å². The Morgan fingerprint density at radius 1 is 1.15 bits per heavy atom. The molecule has 0 radical (unpaired) electrons. The number of amides is 2. The van der Waals surface area contributed by atoms with Crippen molar-refractivity contribution in [2.45, 2.75) is 25.8 Å². The monoisotopic (exact) mass is 386 g/mol. The zero-order valence-corrected chi connectivity index (χ0v) is 16.2. The second kappa shape index (κ2) is 9.24. The van der Waals surface area contributed by atoms with E-state index in [0.29, 0.717) is 29.5 Å². The topological polar surface area (TPSA) is 67.4 Å². The van der Waals surface area contributed by atoms with Crippen molar-refractivity contribution in [1.29, 1.82) is 0 Å². The van der Waals surface area contributed by atoms with Crippen LogP contribution in [0.5, 0.6) is 5.75 Å². The Morgan fingerprint density at radius 3 is 2.59 bits per heavy atom. The fourth-order valence-corrected chi connectivity index (χ4v) is 2.74. The minimum absolute atomic E-state index is 0.355. The van der Waals surface area contributed by atoms with Gasteiger partial charge in [-0.3, -0.25) is 9.59 Å². The van der Waals surface area contributed by atoms with Crippen LogP contribution in [0.25, 0.3) is 0 Å². The molecule has 2 amide bonds. The van der Waals surface area contributed by atoms with Crippen LogP contribution in [-0.2, 0) is 16.0 Å². The zero-order chi connectivity index (χ0) is 19.9. The first kappa shape index (κ1) is 20.5. The van der Waals surface area contributed by atoms with Crippen molar-refractivity contribution in [3.8, 4) is 5.75 Å². The molecule has 6 heteroatoms. The molecule has 0 bridgehead atoms. The Bertz CT molecular complexity index is 834. The van der Waals surface area contributed by atoms with E-state index in [-0.39, 0.29) is 0 Å². The van der Waals surface area contributed by atoms with Gasteiger partial charge in [0.25, 0.3) is 0 Å². The molecular weight excluding hydrogens is 364 g/mol. The summed E-state index contributed by atoms with van der Waals surface area (Å²) in [5, 5.41) is 5.95. The molecule has 0 aliphatic rings. The fourth-order valence-electron chi connectivity index (χ4n) is 2.53. The highest BCUT2D eigenvalue weighted by Crippen LogP contribution is 2.21. The van der Waals surface area contributed by atoms with Gasteiger partial charge in [0.2, 0.25) is 0 Å². The van der Waals surface area contributed by atoms with Gasteiger partial charge in [0.1, 0.15) is 12.4 Å². The number of carbonyl (C=O) groups excluding carboxylic acids is 2. The third-order valence-corrected chi connectivity index (χ3v) is 4.08. The Labute approximate surface area is 164 Å². The summed E-state index contributed by atoms with van der Waals surface area (Å²) >= 11 is 6.18. The number of anilines is 1. The second-order valence-electron chi connectivity index (χ2n) is 6.69. The van der Waals surface area contributed by atoms with Gasteiger partial charge in [-0.1, -0.05) is 48.5 Å². The molecule has 2 rings (SSSR count). The molecule has 0 aliphatic heterocycles. The maximum absolute atomic E-state index is 12.3. The normalized spacial score (nSPS) is 10.8. The number of nitrogens with one attached hydrogen (secondary N) is 2. The van der Waals surface area contributed by atoms with Gasteiger partial charge in [-0.15, -0.1) is 0 Å². The van der Waals surface area contributed by atoms with E-state index in [1.807, 2.05) is 32.0 Å². The van der Waals surface area contributed by atoms with Crippen LogP contribution in [0.3, 0.4) is 0 Å². The minimum Gasteiger partial charge on any atom is -0.489 e. The number of hydrogen-bond donors (Lipinski definition) is 2. The molecule has 2 N–H and O–H groups in total. The number of benzene rings is 2. The fraction of sp³-hybridized carbons (Fsp3) is 0.238. The summed E-state index contributed by atoms with van der Waals surface area (Å²) in [5.74, 6) is -0.889. The van der Waals surface area contributed by atoms with Crippen LogP contribution < -0.4 is 15.4 Å². The van der Waals surface area contributed by atoms with Crippen LogP contribution in [0, 0.1) is 0 Å². The van der Waals surface area contributed by atoms with Crippen LogP contribution in [0.4, 0.5) is 5.69 Å². The second-order valence-corrected chi connectivity index (χ2v) is 7.10. The van der Waals surface area contributed by atoms with Gasteiger partial charge in [-0.05, 0) is 44.0 Å². The van der Waals surface area contributed by atoms with E-state index in [0.717, 1.165) is 5.56 Å². The largest absolute Gasteiger partial charge is 0.489 e. The molecule has 27 heavy (non-hydrogen) atoms. The quantitative estimate of drug-likeness (QED) is 0.558. The van der Waals surface area contributed by atoms with Gasteiger partial charge < -0.3 is 15.4 Å². The summed E-state index contributed by atoms with van der Waals surface area (Å²) in [6.07, 6.45) is 2.12. The van der Waals surface area contributed by atoms with Crippen LogP contribution in [-0.4, -0.2) is 24.0 Å². The third-order valence-electron chi connectivity index (χ3n) is 3.71. The molecule has 142 valence electrons. The lowest BCUT2D eigenvalue weighted by atomic mass is 9.95. The first-order chi connectivity index (χ1) is 12.8. The van der Waals surface area contributed by atoms with Gasteiger partial charge >= 0.3 is 11.8 Å². The Balaban J connectivity index is 1.97. The summed E-state index contributed by atoms with van der Waals surface area (Å²) in [6.45, 7) is 7.62. The molecule has 0 saturated carbocycles. The summed E-state index contributed by atoms with van der Waals surface area (Å²) in [7, 11) is 0. The highest BCUT2D eigenvalue weighted by Gasteiger charge is 2.25. The van der Waals surface area contributed by atoms with Crippen molar-refractivity contribution in [3.63, 3.8) is 0 Å². The van der Waals surface area contributed by atoms with E-state index in [1.165, 1.54) is 0 Å². The number of halogens is 1. The van der Waals surface area contributed by atoms with Crippen LogP contribution in [0.15, 0.2) is 61.2 Å². The summed E-state index contributed by atoms with van der Waals surface area (Å²) in [5.41, 5.74) is 0.728. The van der Waals surface area contributed by atoms with Crippen molar-refractivity contribution in [2.24, 2.45) is 0 Å². The smallest absolute Gasteiger partial charge is 0.313 e. The standard InChI is InChI=1S/C21H23ClN2O3/c1-4-12-27-17-10-7-9-16(13-17)23-19(25)20(26)24-21(2,3)14-15-8-5-6-11-18(15)22/h4-11,13H,1,12,14H2,2-3H3,(H,23,25)(H,24,26). The predicted octanol–water partition coefficient (Wildman–Crippen LogP) is 3.98. The SMILES string of the molecule is C=CCOc1cccc(NC(=O)C(=O)NC(C)(C)Cc2ccccc2Cl)c1. The lowest BCUT2D eigenvalue weighted by Crippen LogP contribution is -2.49. The van der Waals surface area contributed by atoms with Crippen LogP contribution >= 0.6 is 11.6 Å². The molecule has 0 unspecified atom stereocenters. The molecule has 0 fully saturated rings. The average Bonchev–Trinajstić information content (AvgIpc) is 2.61. The van der Waals surface area contributed by atoms with E-state index in [9.17, 15) is 9.59 Å². The van der Waals surface area contributed by atoms with E-state index < -0.39 is 17.4 Å². The highest BCUT2D eigenvalue weighted by atomic mass is 35.5. The van der Waals surface area contributed by atoms with E-state index in [1.54, 1.807) is 36.4 Å². The number of ether oxygens (including phenoxy) is 1. The van der Waals surface area contributed by atoms with Crippen molar-refractivity contribution in [2.75, 3.05) is 11.9 Å². The molecular formula is C21H23ClN2O3. The molecule has 0 atom stereocenters. The van der Waals surface area contributed by atoms with Crippen LogP contribution in [0.1, 0.15) is 19.4 Å². The first-order valence-electron chi connectivity index (χ1n) is 8.51. The third kappa shape index (κ3) is 6.46. The number of hydrogen-bond acceptors (Lipinski definition) is 3. The molecule has 2 aromatic rings. The van der Waals surface area contributed by atoms with Gasteiger partial charge in [0, 0.05) is 22.3 Å². The number of rotatable bonds is 7. The first-order valence-corrected chi connectivity index (χ1v) is 8.89. The highest BCUT2D eigenvalue weighted by molar-refractivity contribution is 6.39. The predicted molar refractivity (Wildman–Crippen MR) is 108 cm³/mol. The molecule has 0 saturated heterocycles. The van der Waals surface area contributed by atoms with Gasteiger partial charge in [-0.25, -0.2) is 0 Å². The van der Waals surface area contributed by atoms with Crippen molar-refractivity contribution >= 4 is 29.1 Å². The zero-order valence-electron chi connectivity index (χ0n) is 15.4. The molecule has 5 nitrogen and oxygen atoms in total. The Hall–Kier alpha value is -2.79. The van der Waals surface area contributed by atoms with E-state index >= 15 is 0 Å². The lowest BCUT2D eigenvalue weighted by molar-refractivity contribution is -0.137. The lowest BCUT2D eigenvalue weighted by Gasteiger charge is -2.26. The minimum atomic E-state index is -0.747. The molecule has 2 aromatic carbocycles.